The van der Waals surface area contributed by atoms with Crippen molar-refractivity contribution >= 4 is 27.7 Å². The van der Waals surface area contributed by atoms with Crippen molar-refractivity contribution < 1.29 is 9.53 Å². The molecule has 1 heterocycles. The molecule has 76 valence electrons. The molecule has 0 spiro atoms. The summed E-state index contributed by atoms with van der Waals surface area (Å²) in [5.41, 5.74) is 11.6. The average molecular weight is 260 g/mol. The van der Waals surface area contributed by atoms with E-state index in [1.807, 2.05) is 0 Å². The molecule has 14 heavy (non-hydrogen) atoms. The Morgan fingerprint density at radius 3 is 2.93 bits per heavy atom. The minimum Gasteiger partial charge on any atom is -0.468 e. The van der Waals surface area contributed by atoms with Gasteiger partial charge in [0.2, 0.25) is 0 Å². The molecule has 1 aromatic heterocycles. The minimum absolute atomic E-state index is 0.228. The third-order valence-corrected chi connectivity index (χ3v) is 2.14. The number of esters is 1. The Balaban J connectivity index is 3.05. The maximum Gasteiger partial charge on any atom is 0.327 e. The van der Waals surface area contributed by atoms with E-state index >= 15 is 0 Å². The summed E-state index contributed by atoms with van der Waals surface area (Å²) in [6.45, 7) is 0. The first-order valence-electron chi connectivity index (χ1n) is 3.80. The van der Waals surface area contributed by atoms with Crippen molar-refractivity contribution in [3.8, 4) is 0 Å². The van der Waals surface area contributed by atoms with E-state index in [0.29, 0.717) is 10.0 Å². The van der Waals surface area contributed by atoms with Gasteiger partial charge in [-0.05, 0) is 22.0 Å². The highest BCUT2D eigenvalue weighted by Crippen LogP contribution is 2.21. The van der Waals surface area contributed by atoms with Crippen molar-refractivity contribution in [3.05, 3.63) is 22.3 Å². The molecule has 0 aromatic carbocycles. The fourth-order valence-electron chi connectivity index (χ4n) is 0.969. The molecule has 0 aliphatic carbocycles. The first kappa shape index (κ1) is 10.9. The highest BCUT2D eigenvalue weighted by atomic mass is 79.9. The summed E-state index contributed by atoms with van der Waals surface area (Å²) in [7, 11) is 1.27. The van der Waals surface area contributed by atoms with Crippen molar-refractivity contribution in [2.24, 2.45) is 5.73 Å². The van der Waals surface area contributed by atoms with E-state index in [1.54, 1.807) is 6.07 Å². The van der Waals surface area contributed by atoms with Gasteiger partial charge in [-0.3, -0.25) is 4.79 Å². The second-order valence-corrected chi connectivity index (χ2v) is 3.54. The number of pyridine rings is 1. The Bertz CT molecular complexity index is 356. The van der Waals surface area contributed by atoms with Crippen LogP contribution in [0, 0.1) is 0 Å². The Morgan fingerprint density at radius 1 is 1.71 bits per heavy atom. The Kier molecular flexibility index (Phi) is 3.43. The number of anilines is 1. The van der Waals surface area contributed by atoms with E-state index in [1.165, 1.54) is 13.3 Å². The van der Waals surface area contributed by atoms with Crippen LogP contribution in [0.4, 0.5) is 5.82 Å². The second-order valence-electron chi connectivity index (χ2n) is 2.63. The third kappa shape index (κ3) is 2.21. The summed E-state index contributed by atoms with van der Waals surface area (Å²) >= 11 is 3.21. The largest absolute Gasteiger partial charge is 0.468 e. The maximum absolute atomic E-state index is 11.1. The number of rotatable bonds is 2. The molecule has 0 radical (unpaired) electrons. The van der Waals surface area contributed by atoms with Crippen LogP contribution in [0.2, 0.25) is 0 Å². The SMILES string of the molecule is COC(=O)C(N)c1cc(Br)cnc1N. The number of nitrogen functional groups attached to an aromatic ring is 1. The number of methoxy groups -OCH3 is 1. The zero-order valence-corrected chi connectivity index (χ0v) is 9.11. The van der Waals surface area contributed by atoms with Crippen LogP contribution in [0.15, 0.2) is 16.7 Å². The number of aromatic nitrogens is 1. The van der Waals surface area contributed by atoms with Gasteiger partial charge in [0.25, 0.3) is 0 Å². The number of halogens is 1. The zero-order valence-electron chi connectivity index (χ0n) is 7.53. The lowest BCUT2D eigenvalue weighted by Crippen LogP contribution is -2.24. The van der Waals surface area contributed by atoms with E-state index in [9.17, 15) is 4.79 Å². The molecular weight excluding hydrogens is 250 g/mol. The molecule has 1 rings (SSSR count). The van der Waals surface area contributed by atoms with Crippen molar-refractivity contribution in [1.82, 2.24) is 4.98 Å². The number of nitrogens with zero attached hydrogens (tertiary/aromatic N) is 1. The molecule has 1 atom stereocenters. The zero-order chi connectivity index (χ0) is 10.7. The van der Waals surface area contributed by atoms with Gasteiger partial charge in [-0.25, -0.2) is 4.98 Å². The van der Waals surface area contributed by atoms with E-state index in [-0.39, 0.29) is 5.82 Å². The number of hydrogen-bond acceptors (Lipinski definition) is 5. The summed E-state index contributed by atoms with van der Waals surface area (Å²) < 4.78 is 5.21. The molecule has 0 saturated carbocycles. The van der Waals surface area contributed by atoms with Crippen LogP contribution >= 0.6 is 15.9 Å². The van der Waals surface area contributed by atoms with Crippen LogP contribution in [-0.4, -0.2) is 18.1 Å². The van der Waals surface area contributed by atoms with E-state index in [0.717, 1.165) is 0 Å². The van der Waals surface area contributed by atoms with Crippen LogP contribution in [0.5, 0.6) is 0 Å². The van der Waals surface area contributed by atoms with Crippen LogP contribution in [0.1, 0.15) is 11.6 Å². The second kappa shape index (κ2) is 4.39. The van der Waals surface area contributed by atoms with Crippen LogP contribution in [-0.2, 0) is 9.53 Å². The van der Waals surface area contributed by atoms with Gasteiger partial charge in [0.05, 0.1) is 7.11 Å². The maximum atomic E-state index is 11.1. The van der Waals surface area contributed by atoms with Gasteiger partial charge in [0.15, 0.2) is 0 Å². The summed E-state index contributed by atoms with van der Waals surface area (Å²) in [6.07, 6.45) is 1.53. The molecule has 0 fully saturated rings. The summed E-state index contributed by atoms with van der Waals surface area (Å²) in [4.78, 5) is 15.0. The Morgan fingerprint density at radius 2 is 2.36 bits per heavy atom. The van der Waals surface area contributed by atoms with Crippen LogP contribution in [0.25, 0.3) is 0 Å². The van der Waals surface area contributed by atoms with E-state index < -0.39 is 12.0 Å². The molecule has 0 aliphatic rings. The standard InChI is InChI=1S/C8H10BrN3O2/c1-14-8(13)6(10)5-2-4(9)3-12-7(5)11/h2-3,6H,10H2,1H3,(H2,11,12). The van der Waals surface area contributed by atoms with Crippen molar-refractivity contribution in [2.45, 2.75) is 6.04 Å². The average Bonchev–Trinajstić information content (AvgIpc) is 2.19. The lowest BCUT2D eigenvalue weighted by atomic mass is 10.1. The van der Waals surface area contributed by atoms with Gasteiger partial charge in [0, 0.05) is 16.2 Å². The van der Waals surface area contributed by atoms with Crippen molar-refractivity contribution in [2.75, 3.05) is 12.8 Å². The predicted molar refractivity (Wildman–Crippen MR) is 55.3 cm³/mol. The topological polar surface area (TPSA) is 91.2 Å². The molecule has 0 aliphatic heterocycles. The van der Waals surface area contributed by atoms with Crippen LogP contribution in [0.3, 0.4) is 0 Å². The van der Waals surface area contributed by atoms with Gasteiger partial charge in [-0.15, -0.1) is 0 Å². The first-order chi connectivity index (χ1) is 6.56. The van der Waals surface area contributed by atoms with Gasteiger partial charge in [-0.2, -0.15) is 0 Å². The van der Waals surface area contributed by atoms with Crippen LogP contribution < -0.4 is 11.5 Å². The summed E-state index contributed by atoms with van der Waals surface area (Å²) in [5.74, 6) is -0.317. The van der Waals surface area contributed by atoms with Gasteiger partial charge in [0.1, 0.15) is 11.9 Å². The number of carbonyl (C=O) groups excluding carboxylic acids is 1. The molecule has 4 N–H and O–H groups in total. The summed E-state index contributed by atoms with van der Waals surface area (Å²) in [5, 5.41) is 0. The molecule has 0 amide bonds. The molecule has 1 aromatic rings. The smallest absolute Gasteiger partial charge is 0.327 e. The van der Waals surface area contributed by atoms with Gasteiger partial charge >= 0.3 is 5.97 Å². The monoisotopic (exact) mass is 259 g/mol. The normalized spacial score (nSPS) is 12.2. The minimum atomic E-state index is -0.898. The lowest BCUT2D eigenvalue weighted by Gasteiger charge is -2.11. The molecule has 0 bridgehead atoms. The van der Waals surface area contributed by atoms with Crippen molar-refractivity contribution in [1.29, 1.82) is 0 Å². The molecule has 1 unspecified atom stereocenters. The highest BCUT2D eigenvalue weighted by Gasteiger charge is 2.19. The lowest BCUT2D eigenvalue weighted by molar-refractivity contribution is -0.142. The quantitative estimate of drug-likeness (QED) is 0.760. The number of nitrogens with two attached hydrogens (primary N) is 2. The molecular formula is C8H10BrN3O2. The summed E-state index contributed by atoms with van der Waals surface area (Å²) in [6, 6.07) is 0.745. The third-order valence-electron chi connectivity index (χ3n) is 1.71. The van der Waals surface area contributed by atoms with Gasteiger partial charge in [-0.1, -0.05) is 0 Å². The van der Waals surface area contributed by atoms with Crippen molar-refractivity contribution in [3.63, 3.8) is 0 Å². The Labute approximate surface area is 89.6 Å². The van der Waals surface area contributed by atoms with E-state index in [4.69, 9.17) is 11.5 Å². The first-order valence-corrected chi connectivity index (χ1v) is 4.60. The molecule has 6 heteroatoms. The predicted octanol–water partition coefficient (Wildman–Crippen LogP) is 0.599. The van der Waals surface area contributed by atoms with E-state index in [2.05, 4.69) is 25.7 Å². The fraction of sp³-hybridized carbons (Fsp3) is 0.250. The highest BCUT2D eigenvalue weighted by molar-refractivity contribution is 9.10. The van der Waals surface area contributed by atoms with Gasteiger partial charge < -0.3 is 16.2 Å². The number of carbonyl (C=O) groups is 1. The Hall–Kier alpha value is -1.14. The number of ether oxygens (including phenoxy) is 1. The fourth-order valence-corrected chi connectivity index (χ4v) is 1.32. The molecule has 5 nitrogen and oxygen atoms in total. The molecule has 0 saturated heterocycles. The number of hydrogen-bond donors (Lipinski definition) is 2.